The second kappa shape index (κ2) is 5.19. The second-order valence-corrected chi connectivity index (χ2v) is 6.91. The number of carboxylic acids is 1. The summed E-state index contributed by atoms with van der Waals surface area (Å²) in [6, 6.07) is 6.34. The number of anilines is 1. The molecule has 3 atom stereocenters. The van der Waals surface area contributed by atoms with Crippen LogP contribution in [-0.2, 0) is 4.79 Å². The van der Waals surface area contributed by atoms with Crippen molar-refractivity contribution in [3.8, 4) is 0 Å². The van der Waals surface area contributed by atoms with Gasteiger partial charge >= 0.3 is 5.97 Å². The Morgan fingerprint density at radius 2 is 2.05 bits per heavy atom. The maximum atomic E-state index is 11.6. The van der Waals surface area contributed by atoms with Crippen LogP contribution in [-0.4, -0.2) is 33.1 Å². The van der Waals surface area contributed by atoms with E-state index in [-0.39, 0.29) is 12.0 Å². The van der Waals surface area contributed by atoms with Crippen molar-refractivity contribution in [2.45, 2.75) is 37.8 Å². The molecule has 22 heavy (non-hydrogen) atoms. The van der Waals surface area contributed by atoms with Gasteiger partial charge in [-0.3, -0.25) is 4.79 Å². The third kappa shape index (κ3) is 2.00. The Kier molecular flexibility index (Phi) is 3.29. The standard InChI is InChI=1S/C16H16BrN3O2/c17-11-2-1-3-12-14(11)15(19-8-18-12)20-9-4-6-10(16(21)22)13(20)7-5-9/h1-3,8-10,13H,4-7H2,(H,21,22). The number of carboxylic acid groups (broad SMARTS) is 1. The van der Waals surface area contributed by atoms with Gasteiger partial charge in [-0.25, -0.2) is 9.97 Å². The molecule has 0 amide bonds. The molecule has 0 spiro atoms. The highest BCUT2D eigenvalue weighted by atomic mass is 79.9. The lowest BCUT2D eigenvalue weighted by Crippen LogP contribution is -2.48. The molecule has 0 saturated carbocycles. The van der Waals surface area contributed by atoms with Crippen LogP contribution in [0.5, 0.6) is 0 Å². The van der Waals surface area contributed by atoms with Gasteiger partial charge < -0.3 is 10.0 Å². The Bertz CT molecular complexity index is 746. The summed E-state index contributed by atoms with van der Waals surface area (Å²) in [6.45, 7) is 0. The van der Waals surface area contributed by atoms with Crippen LogP contribution in [0.15, 0.2) is 29.0 Å². The van der Waals surface area contributed by atoms with Gasteiger partial charge in [0.15, 0.2) is 0 Å². The lowest BCUT2D eigenvalue weighted by Gasteiger charge is -2.39. The highest BCUT2D eigenvalue weighted by Gasteiger charge is 2.46. The fourth-order valence-corrected chi connectivity index (χ4v) is 4.55. The average Bonchev–Trinajstić information content (AvgIpc) is 2.79. The SMILES string of the molecule is O=C(O)C1CCC2CCC1N2c1ncnc2cccc(Br)c12. The first-order valence-electron chi connectivity index (χ1n) is 7.57. The summed E-state index contributed by atoms with van der Waals surface area (Å²) in [6.07, 6.45) is 5.24. The molecule has 3 heterocycles. The Morgan fingerprint density at radius 1 is 1.23 bits per heavy atom. The first-order valence-corrected chi connectivity index (χ1v) is 8.36. The number of hydrogen-bond donors (Lipinski definition) is 1. The van der Waals surface area contributed by atoms with E-state index in [1.807, 2.05) is 18.2 Å². The van der Waals surface area contributed by atoms with Gasteiger partial charge in [-0.15, -0.1) is 0 Å². The van der Waals surface area contributed by atoms with E-state index in [0.29, 0.717) is 6.04 Å². The first kappa shape index (κ1) is 13.9. The number of hydrogen-bond acceptors (Lipinski definition) is 4. The van der Waals surface area contributed by atoms with E-state index in [4.69, 9.17) is 0 Å². The monoisotopic (exact) mass is 361 g/mol. The maximum Gasteiger partial charge on any atom is 0.308 e. The normalized spacial score (nSPS) is 27.3. The van der Waals surface area contributed by atoms with Crippen molar-refractivity contribution < 1.29 is 9.90 Å². The Hall–Kier alpha value is -1.69. The van der Waals surface area contributed by atoms with Gasteiger partial charge in [0.05, 0.1) is 16.8 Å². The predicted octanol–water partition coefficient (Wildman–Crippen LogP) is 3.22. The van der Waals surface area contributed by atoms with Crippen LogP contribution in [0.1, 0.15) is 25.7 Å². The molecule has 114 valence electrons. The molecule has 1 N–H and O–H groups in total. The topological polar surface area (TPSA) is 66.3 Å². The van der Waals surface area contributed by atoms with Gasteiger partial charge in [0.1, 0.15) is 12.1 Å². The fourth-order valence-electron chi connectivity index (χ4n) is 4.02. The number of carbonyl (C=O) groups is 1. The quantitative estimate of drug-likeness (QED) is 0.889. The van der Waals surface area contributed by atoms with E-state index in [2.05, 4.69) is 30.8 Å². The minimum absolute atomic E-state index is 0.0430. The number of aliphatic carboxylic acids is 1. The van der Waals surface area contributed by atoms with Gasteiger partial charge in [-0.2, -0.15) is 0 Å². The van der Waals surface area contributed by atoms with Crippen LogP contribution >= 0.6 is 15.9 Å². The zero-order valence-electron chi connectivity index (χ0n) is 11.9. The summed E-state index contributed by atoms with van der Waals surface area (Å²) >= 11 is 3.60. The molecule has 1 aromatic heterocycles. The number of rotatable bonds is 2. The smallest absolute Gasteiger partial charge is 0.308 e. The summed E-state index contributed by atoms with van der Waals surface area (Å²) in [5, 5.41) is 10.5. The third-order valence-corrected chi connectivity index (χ3v) is 5.64. The first-order chi connectivity index (χ1) is 10.7. The van der Waals surface area contributed by atoms with Crippen molar-refractivity contribution in [2.24, 2.45) is 5.92 Å². The molecular weight excluding hydrogens is 346 g/mol. The van der Waals surface area contributed by atoms with Crippen molar-refractivity contribution in [3.05, 3.63) is 29.0 Å². The summed E-state index contributed by atoms with van der Waals surface area (Å²) in [7, 11) is 0. The molecule has 0 radical (unpaired) electrons. The zero-order valence-corrected chi connectivity index (χ0v) is 13.5. The minimum atomic E-state index is -0.687. The van der Waals surface area contributed by atoms with E-state index in [1.54, 1.807) is 6.33 Å². The average molecular weight is 362 g/mol. The van der Waals surface area contributed by atoms with Gasteiger partial charge in [-0.1, -0.05) is 6.07 Å². The molecule has 5 nitrogen and oxygen atoms in total. The lowest BCUT2D eigenvalue weighted by atomic mass is 9.90. The summed E-state index contributed by atoms with van der Waals surface area (Å²) in [5.74, 6) is -0.116. The van der Waals surface area contributed by atoms with Gasteiger partial charge in [0, 0.05) is 16.6 Å². The highest BCUT2D eigenvalue weighted by molar-refractivity contribution is 9.10. The van der Waals surface area contributed by atoms with E-state index < -0.39 is 5.97 Å². The number of halogens is 1. The van der Waals surface area contributed by atoms with Crippen LogP contribution in [0.25, 0.3) is 10.9 Å². The number of aromatic nitrogens is 2. The maximum absolute atomic E-state index is 11.6. The molecule has 6 heteroatoms. The van der Waals surface area contributed by atoms with Gasteiger partial charge in [0.25, 0.3) is 0 Å². The molecule has 0 aliphatic carbocycles. The van der Waals surface area contributed by atoms with Crippen LogP contribution in [0.2, 0.25) is 0 Å². The van der Waals surface area contributed by atoms with E-state index >= 15 is 0 Å². The molecule has 2 saturated heterocycles. The molecular formula is C16H16BrN3O2. The van der Waals surface area contributed by atoms with Crippen molar-refractivity contribution in [2.75, 3.05) is 4.90 Å². The van der Waals surface area contributed by atoms with Crippen LogP contribution < -0.4 is 4.90 Å². The van der Waals surface area contributed by atoms with Crippen molar-refractivity contribution in [1.29, 1.82) is 0 Å². The molecule has 4 rings (SSSR count). The van der Waals surface area contributed by atoms with E-state index in [0.717, 1.165) is 46.9 Å². The molecule has 2 fully saturated rings. The lowest BCUT2D eigenvalue weighted by molar-refractivity contribution is -0.143. The van der Waals surface area contributed by atoms with E-state index in [1.165, 1.54) is 0 Å². The van der Waals surface area contributed by atoms with Gasteiger partial charge in [0.2, 0.25) is 0 Å². The van der Waals surface area contributed by atoms with Crippen molar-refractivity contribution in [1.82, 2.24) is 9.97 Å². The second-order valence-electron chi connectivity index (χ2n) is 6.06. The summed E-state index contributed by atoms with van der Waals surface area (Å²) in [4.78, 5) is 22.7. The molecule has 2 bridgehead atoms. The Labute approximate surface area is 136 Å². The summed E-state index contributed by atoms with van der Waals surface area (Å²) in [5.41, 5.74) is 0.885. The third-order valence-electron chi connectivity index (χ3n) is 4.98. The Balaban J connectivity index is 1.87. The minimum Gasteiger partial charge on any atom is -0.481 e. The number of benzene rings is 1. The zero-order chi connectivity index (χ0) is 15.3. The fraction of sp³-hybridized carbons (Fsp3) is 0.438. The summed E-state index contributed by atoms with van der Waals surface area (Å²) < 4.78 is 0.956. The predicted molar refractivity (Wildman–Crippen MR) is 86.9 cm³/mol. The van der Waals surface area contributed by atoms with Crippen LogP contribution in [0, 0.1) is 5.92 Å². The molecule has 2 aliphatic heterocycles. The molecule has 2 aliphatic rings. The number of fused-ring (bicyclic) bond motifs is 3. The van der Waals surface area contributed by atoms with Crippen LogP contribution in [0.4, 0.5) is 5.82 Å². The molecule has 2 aromatic rings. The Morgan fingerprint density at radius 3 is 2.86 bits per heavy atom. The van der Waals surface area contributed by atoms with E-state index in [9.17, 15) is 9.90 Å². The van der Waals surface area contributed by atoms with Gasteiger partial charge in [-0.05, 0) is 53.7 Å². The van der Waals surface area contributed by atoms with Crippen molar-refractivity contribution in [3.63, 3.8) is 0 Å². The molecule has 3 unspecified atom stereocenters. The highest BCUT2D eigenvalue weighted by Crippen LogP contribution is 2.44. The number of piperidine rings is 1. The largest absolute Gasteiger partial charge is 0.481 e. The number of nitrogens with zero attached hydrogens (tertiary/aromatic N) is 3. The molecule has 1 aromatic carbocycles. The van der Waals surface area contributed by atoms with Crippen molar-refractivity contribution >= 4 is 38.6 Å². The van der Waals surface area contributed by atoms with Crippen LogP contribution in [0.3, 0.4) is 0 Å².